The van der Waals surface area contributed by atoms with Crippen LogP contribution in [0.2, 0.25) is 0 Å². The standard InChI is InChI=1S/C13H14F3NO/c14-13(15,16)10-4-2-1-3-9(10)12(17)7-8-5-6-11(12)18-8/h1-4,8,11H,5-7,17H2. The molecule has 2 saturated heterocycles. The Labute approximate surface area is 103 Å². The number of nitrogens with two attached hydrogens (primary N) is 1. The first-order chi connectivity index (χ1) is 8.41. The van der Waals surface area contributed by atoms with E-state index < -0.39 is 17.3 Å². The molecule has 0 aromatic heterocycles. The molecule has 1 aromatic rings. The third kappa shape index (κ3) is 1.65. The fourth-order valence-electron chi connectivity index (χ4n) is 3.16. The van der Waals surface area contributed by atoms with Crippen molar-refractivity contribution in [1.29, 1.82) is 0 Å². The van der Waals surface area contributed by atoms with Crippen molar-refractivity contribution in [2.45, 2.75) is 43.2 Å². The van der Waals surface area contributed by atoms with E-state index in [1.165, 1.54) is 12.1 Å². The smallest absolute Gasteiger partial charge is 0.373 e. The molecular weight excluding hydrogens is 243 g/mol. The van der Waals surface area contributed by atoms with Gasteiger partial charge in [0.2, 0.25) is 0 Å². The Kier molecular flexibility index (Phi) is 2.47. The molecule has 2 bridgehead atoms. The molecule has 2 nitrogen and oxygen atoms in total. The van der Waals surface area contributed by atoms with E-state index in [1.807, 2.05) is 0 Å². The normalized spacial score (nSPS) is 35.1. The van der Waals surface area contributed by atoms with E-state index in [2.05, 4.69) is 0 Å². The summed E-state index contributed by atoms with van der Waals surface area (Å²) in [7, 11) is 0. The molecule has 3 rings (SSSR count). The van der Waals surface area contributed by atoms with Gasteiger partial charge in [0.15, 0.2) is 0 Å². The number of fused-ring (bicyclic) bond motifs is 2. The van der Waals surface area contributed by atoms with E-state index in [4.69, 9.17) is 10.5 Å². The van der Waals surface area contributed by atoms with E-state index in [0.717, 1.165) is 18.9 Å². The summed E-state index contributed by atoms with van der Waals surface area (Å²) in [5.41, 5.74) is 4.78. The Morgan fingerprint density at radius 2 is 1.94 bits per heavy atom. The van der Waals surface area contributed by atoms with Crippen LogP contribution in [0.1, 0.15) is 30.4 Å². The molecule has 2 aliphatic heterocycles. The van der Waals surface area contributed by atoms with Gasteiger partial charge in [0.1, 0.15) is 0 Å². The zero-order valence-electron chi connectivity index (χ0n) is 9.70. The van der Waals surface area contributed by atoms with Gasteiger partial charge in [0.05, 0.1) is 23.3 Å². The van der Waals surface area contributed by atoms with E-state index >= 15 is 0 Å². The first kappa shape index (κ1) is 12.0. The van der Waals surface area contributed by atoms with Crippen molar-refractivity contribution in [3.05, 3.63) is 35.4 Å². The first-order valence-corrected chi connectivity index (χ1v) is 6.02. The molecule has 0 spiro atoms. The molecule has 2 heterocycles. The maximum atomic E-state index is 13.0. The fraction of sp³-hybridized carbons (Fsp3) is 0.538. The Morgan fingerprint density at radius 1 is 1.22 bits per heavy atom. The van der Waals surface area contributed by atoms with Gasteiger partial charge in [-0.05, 0) is 30.9 Å². The molecule has 3 atom stereocenters. The molecule has 2 aliphatic rings. The minimum absolute atomic E-state index is 0.0151. The van der Waals surface area contributed by atoms with Gasteiger partial charge in [-0.1, -0.05) is 18.2 Å². The van der Waals surface area contributed by atoms with Crippen LogP contribution in [-0.4, -0.2) is 12.2 Å². The van der Waals surface area contributed by atoms with Crippen molar-refractivity contribution < 1.29 is 17.9 Å². The fourth-order valence-corrected chi connectivity index (χ4v) is 3.16. The summed E-state index contributed by atoms with van der Waals surface area (Å²) < 4.78 is 44.7. The number of halogens is 3. The Balaban J connectivity index is 2.07. The lowest BCUT2D eigenvalue weighted by Gasteiger charge is -2.33. The Morgan fingerprint density at radius 3 is 2.50 bits per heavy atom. The lowest BCUT2D eigenvalue weighted by Crippen LogP contribution is -2.46. The third-order valence-electron chi connectivity index (χ3n) is 3.98. The molecule has 2 fully saturated rings. The molecule has 0 radical (unpaired) electrons. The SMILES string of the molecule is NC1(c2ccccc2C(F)(F)F)CC2CCC1O2. The van der Waals surface area contributed by atoms with Gasteiger partial charge in [-0.15, -0.1) is 0 Å². The highest BCUT2D eigenvalue weighted by atomic mass is 19.4. The number of hydrogen-bond donors (Lipinski definition) is 1. The minimum atomic E-state index is -4.37. The molecular formula is C13H14F3NO. The van der Waals surface area contributed by atoms with Crippen LogP contribution < -0.4 is 5.73 Å². The number of rotatable bonds is 1. The predicted molar refractivity (Wildman–Crippen MR) is 59.8 cm³/mol. The zero-order chi connectivity index (χ0) is 13.0. The van der Waals surface area contributed by atoms with Crippen LogP contribution in [0.5, 0.6) is 0 Å². The summed E-state index contributed by atoms with van der Waals surface area (Å²) in [6.07, 6.45) is -2.52. The topological polar surface area (TPSA) is 35.2 Å². The summed E-state index contributed by atoms with van der Waals surface area (Å²) in [5.74, 6) is 0. The van der Waals surface area contributed by atoms with Crippen molar-refractivity contribution in [2.24, 2.45) is 5.73 Å². The van der Waals surface area contributed by atoms with Gasteiger partial charge in [0.25, 0.3) is 0 Å². The summed E-state index contributed by atoms with van der Waals surface area (Å²) in [4.78, 5) is 0. The van der Waals surface area contributed by atoms with E-state index in [1.54, 1.807) is 6.07 Å². The van der Waals surface area contributed by atoms with Crippen molar-refractivity contribution in [3.63, 3.8) is 0 Å². The van der Waals surface area contributed by atoms with Gasteiger partial charge < -0.3 is 10.5 Å². The molecule has 3 unspecified atom stereocenters. The van der Waals surface area contributed by atoms with Crippen molar-refractivity contribution in [1.82, 2.24) is 0 Å². The largest absolute Gasteiger partial charge is 0.416 e. The van der Waals surface area contributed by atoms with Crippen LogP contribution in [0.15, 0.2) is 24.3 Å². The van der Waals surface area contributed by atoms with Crippen LogP contribution >= 0.6 is 0 Å². The van der Waals surface area contributed by atoms with Crippen LogP contribution in [-0.2, 0) is 16.5 Å². The quantitative estimate of drug-likeness (QED) is 0.839. The van der Waals surface area contributed by atoms with E-state index in [0.29, 0.717) is 6.42 Å². The summed E-state index contributed by atoms with van der Waals surface area (Å²) in [6.45, 7) is 0. The van der Waals surface area contributed by atoms with Gasteiger partial charge >= 0.3 is 6.18 Å². The molecule has 0 amide bonds. The average molecular weight is 257 g/mol. The summed E-state index contributed by atoms with van der Waals surface area (Å²) in [5, 5.41) is 0. The van der Waals surface area contributed by atoms with Crippen molar-refractivity contribution in [2.75, 3.05) is 0 Å². The van der Waals surface area contributed by atoms with Crippen LogP contribution in [0.25, 0.3) is 0 Å². The summed E-state index contributed by atoms with van der Waals surface area (Å²) >= 11 is 0. The highest BCUT2D eigenvalue weighted by molar-refractivity contribution is 5.38. The second-order valence-corrected chi connectivity index (χ2v) is 5.11. The van der Waals surface area contributed by atoms with Gasteiger partial charge in [-0.2, -0.15) is 13.2 Å². The highest BCUT2D eigenvalue weighted by Crippen LogP contribution is 2.48. The van der Waals surface area contributed by atoms with Crippen LogP contribution in [0, 0.1) is 0 Å². The Hall–Kier alpha value is -1.07. The number of benzene rings is 1. The van der Waals surface area contributed by atoms with Crippen LogP contribution in [0.4, 0.5) is 13.2 Å². The third-order valence-corrected chi connectivity index (χ3v) is 3.98. The van der Waals surface area contributed by atoms with E-state index in [-0.39, 0.29) is 17.8 Å². The molecule has 98 valence electrons. The minimum Gasteiger partial charge on any atom is -0.373 e. The lowest BCUT2D eigenvalue weighted by molar-refractivity contribution is -0.139. The number of hydrogen-bond acceptors (Lipinski definition) is 2. The zero-order valence-corrected chi connectivity index (χ0v) is 9.70. The highest BCUT2D eigenvalue weighted by Gasteiger charge is 2.53. The van der Waals surface area contributed by atoms with Gasteiger partial charge in [-0.25, -0.2) is 0 Å². The predicted octanol–water partition coefficient (Wildman–Crippen LogP) is 2.81. The number of ether oxygens (including phenoxy) is 1. The molecule has 5 heteroatoms. The van der Waals surface area contributed by atoms with Gasteiger partial charge in [-0.3, -0.25) is 0 Å². The van der Waals surface area contributed by atoms with E-state index in [9.17, 15) is 13.2 Å². The molecule has 1 aromatic carbocycles. The second-order valence-electron chi connectivity index (χ2n) is 5.11. The molecule has 18 heavy (non-hydrogen) atoms. The average Bonchev–Trinajstić information content (AvgIpc) is 2.88. The molecule has 0 saturated carbocycles. The Bertz CT molecular complexity index is 474. The molecule has 0 aliphatic carbocycles. The monoisotopic (exact) mass is 257 g/mol. The molecule has 2 N–H and O–H groups in total. The second kappa shape index (κ2) is 3.71. The van der Waals surface area contributed by atoms with Crippen LogP contribution in [0.3, 0.4) is 0 Å². The number of alkyl halides is 3. The summed E-state index contributed by atoms with van der Waals surface area (Å²) in [6, 6.07) is 5.57. The first-order valence-electron chi connectivity index (χ1n) is 6.02. The van der Waals surface area contributed by atoms with Gasteiger partial charge in [0, 0.05) is 0 Å². The maximum absolute atomic E-state index is 13.0. The van der Waals surface area contributed by atoms with Crippen molar-refractivity contribution in [3.8, 4) is 0 Å². The maximum Gasteiger partial charge on any atom is 0.416 e. The lowest BCUT2D eigenvalue weighted by atomic mass is 9.75. The van der Waals surface area contributed by atoms with Crippen molar-refractivity contribution >= 4 is 0 Å².